The molecule has 0 saturated carbocycles. The monoisotopic (exact) mass is 321 g/mol. The predicted molar refractivity (Wildman–Crippen MR) is 87.8 cm³/mol. The van der Waals surface area contributed by atoms with E-state index < -0.39 is 0 Å². The van der Waals surface area contributed by atoms with Gasteiger partial charge in [-0.1, -0.05) is 0 Å². The fourth-order valence-corrected chi connectivity index (χ4v) is 2.15. The highest BCUT2D eigenvalue weighted by atomic mass is 16.2. The standard InChI is InChI=1S/C17H15N5O2/c23-16(12-22-17(24)4-2-7-21-22)20-10-13-5-8-19-15(9-13)14-3-1-6-18-11-14/h1-9,11H,10,12H2,(H,20,23). The van der Waals surface area contributed by atoms with Gasteiger partial charge in [-0.3, -0.25) is 19.6 Å². The summed E-state index contributed by atoms with van der Waals surface area (Å²) in [5.41, 5.74) is 2.29. The van der Waals surface area contributed by atoms with Crippen LogP contribution in [0.4, 0.5) is 0 Å². The summed E-state index contributed by atoms with van der Waals surface area (Å²) in [6.45, 7) is 0.233. The fourth-order valence-electron chi connectivity index (χ4n) is 2.15. The van der Waals surface area contributed by atoms with E-state index in [1.165, 1.54) is 18.3 Å². The molecule has 3 rings (SSSR count). The van der Waals surface area contributed by atoms with Crippen LogP contribution in [0.25, 0.3) is 11.3 Å². The van der Waals surface area contributed by atoms with Gasteiger partial charge in [0.05, 0.1) is 5.69 Å². The smallest absolute Gasteiger partial charge is 0.267 e. The van der Waals surface area contributed by atoms with E-state index in [9.17, 15) is 9.59 Å². The van der Waals surface area contributed by atoms with Crippen molar-refractivity contribution in [1.29, 1.82) is 0 Å². The Morgan fingerprint density at radius 1 is 1.12 bits per heavy atom. The van der Waals surface area contributed by atoms with Crippen LogP contribution in [0, 0.1) is 0 Å². The topological polar surface area (TPSA) is 89.8 Å². The lowest BCUT2D eigenvalue weighted by molar-refractivity contribution is -0.122. The van der Waals surface area contributed by atoms with Crippen LogP contribution in [-0.2, 0) is 17.9 Å². The molecule has 0 spiro atoms. The molecule has 0 saturated heterocycles. The van der Waals surface area contributed by atoms with Crippen LogP contribution in [0.15, 0.2) is 66.0 Å². The largest absolute Gasteiger partial charge is 0.350 e. The van der Waals surface area contributed by atoms with Crippen molar-refractivity contribution in [3.63, 3.8) is 0 Å². The van der Waals surface area contributed by atoms with E-state index in [4.69, 9.17) is 0 Å². The lowest BCUT2D eigenvalue weighted by atomic mass is 10.1. The molecule has 1 amide bonds. The normalized spacial score (nSPS) is 10.3. The maximum absolute atomic E-state index is 12.0. The molecule has 0 aromatic carbocycles. The number of amides is 1. The lowest BCUT2D eigenvalue weighted by Crippen LogP contribution is -2.32. The van der Waals surface area contributed by atoms with Crippen LogP contribution in [-0.4, -0.2) is 25.7 Å². The first-order valence-corrected chi connectivity index (χ1v) is 7.36. The van der Waals surface area contributed by atoms with E-state index >= 15 is 0 Å². The van der Waals surface area contributed by atoms with Gasteiger partial charge in [-0.2, -0.15) is 5.10 Å². The Labute approximate surface area is 138 Å². The molecule has 0 fully saturated rings. The number of rotatable bonds is 5. The van der Waals surface area contributed by atoms with Gasteiger partial charge in [0.15, 0.2) is 0 Å². The van der Waals surface area contributed by atoms with E-state index in [2.05, 4.69) is 20.4 Å². The fraction of sp³-hybridized carbons (Fsp3) is 0.118. The number of hydrogen-bond donors (Lipinski definition) is 1. The zero-order valence-electron chi connectivity index (χ0n) is 12.8. The van der Waals surface area contributed by atoms with Gasteiger partial charge in [0.2, 0.25) is 5.91 Å². The van der Waals surface area contributed by atoms with Crippen molar-refractivity contribution in [2.75, 3.05) is 0 Å². The van der Waals surface area contributed by atoms with Gasteiger partial charge in [-0.25, -0.2) is 4.68 Å². The van der Waals surface area contributed by atoms with Gasteiger partial charge in [-0.15, -0.1) is 0 Å². The molecule has 0 aliphatic carbocycles. The summed E-state index contributed by atoms with van der Waals surface area (Å²) >= 11 is 0. The van der Waals surface area contributed by atoms with Gasteiger partial charge in [0.1, 0.15) is 6.54 Å². The van der Waals surface area contributed by atoms with Crippen LogP contribution < -0.4 is 10.9 Å². The minimum absolute atomic E-state index is 0.111. The number of aromatic nitrogens is 4. The Morgan fingerprint density at radius 2 is 2.00 bits per heavy atom. The maximum atomic E-state index is 12.0. The zero-order valence-corrected chi connectivity index (χ0v) is 12.8. The summed E-state index contributed by atoms with van der Waals surface area (Å²) in [4.78, 5) is 31.9. The summed E-state index contributed by atoms with van der Waals surface area (Å²) in [5, 5.41) is 6.62. The molecule has 7 heteroatoms. The van der Waals surface area contributed by atoms with Crippen molar-refractivity contribution < 1.29 is 4.79 Å². The molecule has 0 aliphatic rings. The van der Waals surface area contributed by atoms with Crippen LogP contribution in [0.1, 0.15) is 5.56 Å². The molecule has 3 aromatic rings. The summed E-state index contributed by atoms with van der Waals surface area (Å²) in [5.74, 6) is -0.282. The van der Waals surface area contributed by atoms with Crippen LogP contribution >= 0.6 is 0 Å². The first kappa shape index (κ1) is 15.5. The van der Waals surface area contributed by atoms with Crippen molar-refractivity contribution >= 4 is 5.91 Å². The van der Waals surface area contributed by atoms with Gasteiger partial charge in [0, 0.05) is 43.0 Å². The molecule has 0 bridgehead atoms. The van der Waals surface area contributed by atoms with E-state index in [0.717, 1.165) is 21.5 Å². The van der Waals surface area contributed by atoms with Crippen LogP contribution in [0.5, 0.6) is 0 Å². The SMILES string of the molecule is O=C(Cn1ncccc1=O)NCc1ccnc(-c2cccnc2)c1. The lowest BCUT2D eigenvalue weighted by Gasteiger charge is -2.07. The molecule has 0 radical (unpaired) electrons. The highest BCUT2D eigenvalue weighted by molar-refractivity contribution is 5.75. The molecule has 1 N–H and O–H groups in total. The molecule has 24 heavy (non-hydrogen) atoms. The third kappa shape index (κ3) is 3.89. The molecule has 120 valence electrons. The Hall–Kier alpha value is -3.35. The second-order valence-corrected chi connectivity index (χ2v) is 5.09. The number of nitrogens with zero attached hydrogens (tertiary/aromatic N) is 4. The minimum Gasteiger partial charge on any atom is -0.350 e. The zero-order chi connectivity index (χ0) is 16.8. The van der Waals surface area contributed by atoms with Crippen molar-refractivity contribution in [3.05, 3.63) is 77.1 Å². The third-order valence-electron chi connectivity index (χ3n) is 3.35. The first-order valence-electron chi connectivity index (χ1n) is 7.36. The minimum atomic E-state index is -0.310. The van der Waals surface area contributed by atoms with Gasteiger partial charge >= 0.3 is 0 Å². The molecule has 3 heterocycles. The van der Waals surface area contributed by atoms with Crippen LogP contribution in [0.2, 0.25) is 0 Å². The first-order chi connectivity index (χ1) is 11.7. The Bertz CT molecular complexity index is 892. The summed E-state index contributed by atoms with van der Waals surface area (Å²) < 4.78 is 1.11. The Kier molecular flexibility index (Phi) is 4.71. The maximum Gasteiger partial charge on any atom is 0.267 e. The second kappa shape index (κ2) is 7.28. The number of nitrogens with one attached hydrogen (secondary N) is 1. The van der Waals surface area contributed by atoms with Crippen molar-refractivity contribution in [2.45, 2.75) is 13.1 Å². The van der Waals surface area contributed by atoms with Crippen molar-refractivity contribution in [1.82, 2.24) is 25.1 Å². The van der Waals surface area contributed by atoms with Crippen molar-refractivity contribution in [2.24, 2.45) is 0 Å². The Balaban J connectivity index is 1.64. The van der Waals surface area contributed by atoms with E-state index in [1.807, 2.05) is 24.3 Å². The quantitative estimate of drug-likeness (QED) is 0.757. The Morgan fingerprint density at radius 3 is 2.79 bits per heavy atom. The molecule has 0 aliphatic heterocycles. The highest BCUT2D eigenvalue weighted by Gasteiger charge is 2.06. The highest BCUT2D eigenvalue weighted by Crippen LogP contribution is 2.16. The molecule has 0 unspecified atom stereocenters. The van der Waals surface area contributed by atoms with Gasteiger partial charge in [0.25, 0.3) is 5.56 Å². The molecule has 3 aromatic heterocycles. The van der Waals surface area contributed by atoms with E-state index in [0.29, 0.717) is 6.54 Å². The second-order valence-electron chi connectivity index (χ2n) is 5.09. The van der Waals surface area contributed by atoms with E-state index in [-0.39, 0.29) is 18.0 Å². The average Bonchev–Trinajstić information content (AvgIpc) is 2.63. The van der Waals surface area contributed by atoms with Crippen molar-refractivity contribution in [3.8, 4) is 11.3 Å². The number of hydrogen-bond acceptors (Lipinski definition) is 5. The van der Waals surface area contributed by atoms with Gasteiger partial charge in [-0.05, 0) is 35.9 Å². The number of carbonyl (C=O) groups is 1. The summed E-state index contributed by atoms with van der Waals surface area (Å²) in [6.07, 6.45) is 6.59. The predicted octanol–water partition coefficient (Wildman–Crippen LogP) is 1.02. The van der Waals surface area contributed by atoms with Gasteiger partial charge < -0.3 is 5.32 Å². The molecule has 0 atom stereocenters. The van der Waals surface area contributed by atoms with E-state index in [1.54, 1.807) is 18.6 Å². The number of pyridine rings is 2. The third-order valence-corrected chi connectivity index (χ3v) is 3.35. The summed E-state index contributed by atoms with van der Waals surface area (Å²) in [6, 6.07) is 10.4. The van der Waals surface area contributed by atoms with Crippen LogP contribution in [0.3, 0.4) is 0 Å². The molecular weight excluding hydrogens is 306 g/mol. The molecular formula is C17H15N5O2. The summed E-state index contributed by atoms with van der Waals surface area (Å²) in [7, 11) is 0. The molecule has 7 nitrogen and oxygen atoms in total. The number of carbonyl (C=O) groups excluding carboxylic acids is 1. The average molecular weight is 321 g/mol.